The lowest BCUT2D eigenvalue weighted by Gasteiger charge is -2.09. The zero-order valence-corrected chi connectivity index (χ0v) is 7.71. The number of carbonyl (C=O) groups excluding carboxylic acids is 1. The van der Waals surface area contributed by atoms with Crippen LogP contribution in [0.2, 0.25) is 0 Å². The van der Waals surface area contributed by atoms with Gasteiger partial charge in [0, 0.05) is 5.92 Å². The van der Waals surface area contributed by atoms with Gasteiger partial charge in [0.15, 0.2) is 5.78 Å². The molecule has 0 amide bonds. The Bertz CT molecular complexity index is 210. The molecule has 1 unspecified atom stereocenters. The second kappa shape index (κ2) is 3.71. The number of rotatable bonds is 4. The van der Waals surface area contributed by atoms with Crippen molar-refractivity contribution < 1.29 is 4.79 Å². The highest BCUT2D eigenvalue weighted by atomic mass is 16.1. The van der Waals surface area contributed by atoms with Crippen molar-refractivity contribution in [2.75, 3.05) is 0 Å². The zero-order chi connectivity index (χ0) is 9.14. The van der Waals surface area contributed by atoms with Crippen LogP contribution in [0.15, 0.2) is 0 Å². The summed E-state index contributed by atoms with van der Waals surface area (Å²) in [5.41, 5.74) is 0. The Morgan fingerprint density at radius 1 is 1.58 bits per heavy atom. The van der Waals surface area contributed by atoms with Crippen LogP contribution >= 0.6 is 0 Å². The van der Waals surface area contributed by atoms with Crippen molar-refractivity contribution in [2.45, 2.75) is 33.1 Å². The minimum Gasteiger partial charge on any atom is -0.298 e. The molecule has 0 heterocycles. The summed E-state index contributed by atoms with van der Waals surface area (Å²) in [6.07, 6.45) is 2.75. The first kappa shape index (κ1) is 9.25. The molecule has 1 fully saturated rings. The molecule has 0 aromatic carbocycles. The van der Waals surface area contributed by atoms with Crippen LogP contribution in [0.1, 0.15) is 33.1 Å². The largest absolute Gasteiger partial charge is 0.298 e. The summed E-state index contributed by atoms with van der Waals surface area (Å²) in [6.45, 7) is 4.09. The Kier molecular flexibility index (Phi) is 2.86. The van der Waals surface area contributed by atoms with Gasteiger partial charge in [-0.2, -0.15) is 5.26 Å². The van der Waals surface area contributed by atoms with Crippen LogP contribution in [0, 0.1) is 29.1 Å². The number of nitriles is 1. The lowest BCUT2D eigenvalue weighted by Crippen LogP contribution is -2.16. The fourth-order valence-corrected chi connectivity index (χ4v) is 1.36. The van der Waals surface area contributed by atoms with Crippen LogP contribution in [0.3, 0.4) is 0 Å². The van der Waals surface area contributed by atoms with Gasteiger partial charge >= 0.3 is 0 Å². The van der Waals surface area contributed by atoms with E-state index in [2.05, 4.69) is 6.07 Å². The normalized spacial score (nSPS) is 18.8. The first-order valence-electron chi connectivity index (χ1n) is 4.58. The number of hydrogen-bond acceptors (Lipinski definition) is 2. The van der Waals surface area contributed by atoms with Gasteiger partial charge in [-0.3, -0.25) is 4.79 Å². The average molecular weight is 165 g/mol. The maximum absolute atomic E-state index is 11.4. The van der Waals surface area contributed by atoms with Crippen molar-refractivity contribution in [1.29, 1.82) is 5.26 Å². The Balaban J connectivity index is 2.44. The third-order valence-electron chi connectivity index (χ3n) is 2.19. The van der Waals surface area contributed by atoms with E-state index in [1.165, 1.54) is 0 Å². The van der Waals surface area contributed by atoms with Crippen LogP contribution < -0.4 is 0 Å². The van der Waals surface area contributed by atoms with Gasteiger partial charge in [-0.25, -0.2) is 0 Å². The molecule has 2 nitrogen and oxygen atoms in total. The molecule has 0 radical (unpaired) electrons. The first-order chi connectivity index (χ1) is 5.65. The van der Waals surface area contributed by atoms with Crippen LogP contribution in [-0.2, 0) is 4.79 Å². The van der Waals surface area contributed by atoms with E-state index >= 15 is 0 Å². The zero-order valence-electron chi connectivity index (χ0n) is 7.71. The van der Waals surface area contributed by atoms with Gasteiger partial charge < -0.3 is 0 Å². The topological polar surface area (TPSA) is 40.9 Å². The minimum absolute atomic E-state index is 0.186. The quantitative estimate of drug-likeness (QED) is 0.640. The summed E-state index contributed by atoms with van der Waals surface area (Å²) in [6, 6.07) is 2.10. The molecule has 12 heavy (non-hydrogen) atoms. The SMILES string of the molecule is CC(C)CC(C#N)C(=O)C1CC1. The Hall–Kier alpha value is -0.840. The third-order valence-corrected chi connectivity index (χ3v) is 2.19. The van der Waals surface area contributed by atoms with Gasteiger partial charge in [0.05, 0.1) is 6.07 Å². The fraction of sp³-hybridized carbons (Fsp3) is 0.800. The Labute approximate surface area is 73.6 Å². The number of carbonyl (C=O) groups is 1. The minimum atomic E-state index is -0.336. The maximum Gasteiger partial charge on any atom is 0.153 e. The summed E-state index contributed by atoms with van der Waals surface area (Å²) in [4.78, 5) is 11.4. The third kappa shape index (κ3) is 2.34. The summed E-state index contributed by atoms with van der Waals surface area (Å²) in [5.74, 6) is 0.523. The molecular weight excluding hydrogens is 150 g/mol. The van der Waals surface area contributed by atoms with E-state index in [0.29, 0.717) is 5.92 Å². The number of nitrogens with zero attached hydrogens (tertiary/aromatic N) is 1. The van der Waals surface area contributed by atoms with Crippen molar-refractivity contribution in [1.82, 2.24) is 0 Å². The van der Waals surface area contributed by atoms with Crippen LogP contribution in [0.25, 0.3) is 0 Å². The van der Waals surface area contributed by atoms with Crippen molar-refractivity contribution in [2.24, 2.45) is 17.8 Å². The van der Waals surface area contributed by atoms with Gasteiger partial charge in [0.1, 0.15) is 5.92 Å². The summed E-state index contributed by atoms with van der Waals surface area (Å²) >= 11 is 0. The highest BCUT2D eigenvalue weighted by Crippen LogP contribution is 2.33. The van der Waals surface area contributed by atoms with E-state index in [1.54, 1.807) is 0 Å². The Morgan fingerprint density at radius 3 is 2.50 bits per heavy atom. The molecule has 1 aliphatic carbocycles. The molecular formula is C10H15NO. The molecule has 1 aliphatic rings. The summed E-state index contributed by atoms with van der Waals surface area (Å²) < 4.78 is 0. The molecule has 1 saturated carbocycles. The molecule has 66 valence electrons. The van der Waals surface area contributed by atoms with Gasteiger partial charge in [-0.1, -0.05) is 13.8 Å². The fourth-order valence-electron chi connectivity index (χ4n) is 1.36. The van der Waals surface area contributed by atoms with Gasteiger partial charge in [0.25, 0.3) is 0 Å². The summed E-state index contributed by atoms with van der Waals surface area (Å²) in [5, 5.41) is 8.75. The van der Waals surface area contributed by atoms with Crippen molar-refractivity contribution in [3.63, 3.8) is 0 Å². The van der Waals surface area contributed by atoms with Crippen molar-refractivity contribution >= 4 is 5.78 Å². The molecule has 0 aromatic heterocycles. The van der Waals surface area contributed by atoms with Gasteiger partial charge in [-0.15, -0.1) is 0 Å². The highest BCUT2D eigenvalue weighted by Gasteiger charge is 2.34. The van der Waals surface area contributed by atoms with Crippen LogP contribution in [0.5, 0.6) is 0 Å². The van der Waals surface area contributed by atoms with E-state index in [9.17, 15) is 4.79 Å². The van der Waals surface area contributed by atoms with E-state index in [1.807, 2.05) is 13.8 Å². The molecule has 0 bridgehead atoms. The first-order valence-corrected chi connectivity index (χ1v) is 4.58. The molecule has 0 aliphatic heterocycles. The van der Waals surface area contributed by atoms with E-state index < -0.39 is 0 Å². The molecule has 0 N–H and O–H groups in total. The molecule has 0 aromatic rings. The van der Waals surface area contributed by atoms with E-state index in [0.717, 1.165) is 19.3 Å². The monoisotopic (exact) mass is 165 g/mol. The molecule has 1 atom stereocenters. The molecule has 1 rings (SSSR count). The van der Waals surface area contributed by atoms with E-state index in [-0.39, 0.29) is 17.6 Å². The predicted molar refractivity (Wildman–Crippen MR) is 46.3 cm³/mol. The number of hydrogen-bond donors (Lipinski definition) is 0. The predicted octanol–water partition coefficient (Wildman–Crippen LogP) is 2.15. The average Bonchev–Trinajstić information content (AvgIpc) is 2.80. The summed E-state index contributed by atoms with van der Waals surface area (Å²) in [7, 11) is 0. The lowest BCUT2D eigenvalue weighted by molar-refractivity contribution is -0.122. The molecule has 0 spiro atoms. The second-order valence-electron chi connectivity index (χ2n) is 3.99. The van der Waals surface area contributed by atoms with E-state index in [4.69, 9.17) is 5.26 Å². The molecule has 2 heteroatoms. The smallest absolute Gasteiger partial charge is 0.153 e. The van der Waals surface area contributed by atoms with Crippen molar-refractivity contribution in [3.8, 4) is 6.07 Å². The van der Waals surface area contributed by atoms with Gasteiger partial charge in [0.2, 0.25) is 0 Å². The number of Topliss-reactive ketones (excluding diaryl/α,β-unsaturated/α-hetero) is 1. The molecule has 0 saturated heterocycles. The second-order valence-corrected chi connectivity index (χ2v) is 3.99. The Morgan fingerprint density at radius 2 is 2.17 bits per heavy atom. The highest BCUT2D eigenvalue weighted by molar-refractivity contribution is 5.87. The van der Waals surface area contributed by atoms with Crippen molar-refractivity contribution in [3.05, 3.63) is 0 Å². The lowest BCUT2D eigenvalue weighted by atomic mass is 9.92. The van der Waals surface area contributed by atoms with Gasteiger partial charge in [-0.05, 0) is 25.2 Å². The standard InChI is InChI=1S/C10H15NO/c1-7(2)5-9(6-11)10(12)8-3-4-8/h7-9H,3-5H2,1-2H3. The van der Waals surface area contributed by atoms with Crippen LogP contribution in [-0.4, -0.2) is 5.78 Å². The number of ketones is 1. The maximum atomic E-state index is 11.4. The van der Waals surface area contributed by atoms with Crippen LogP contribution in [0.4, 0.5) is 0 Å².